The van der Waals surface area contributed by atoms with Crippen LogP contribution in [0.25, 0.3) is 0 Å². The predicted molar refractivity (Wildman–Crippen MR) is 71.9 cm³/mol. The summed E-state index contributed by atoms with van der Waals surface area (Å²) < 4.78 is 0. The fraction of sp³-hybridized carbons (Fsp3) is 0.600. The molecule has 1 nitrogen and oxygen atoms in total. The van der Waals surface area contributed by atoms with Crippen LogP contribution in [0.1, 0.15) is 48.4 Å². The third-order valence-corrected chi connectivity index (χ3v) is 3.10. The predicted octanol–water partition coefficient (Wildman–Crippen LogP) is 3.89. The second-order valence-corrected chi connectivity index (χ2v) is 4.76. The molecule has 0 heterocycles. The zero-order valence-electron chi connectivity index (χ0n) is 11.2. The zero-order valence-corrected chi connectivity index (χ0v) is 11.2. The molecule has 0 bridgehead atoms. The van der Waals surface area contributed by atoms with Crippen molar-refractivity contribution in [1.82, 2.24) is 5.32 Å². The van der Waals surface area contributed by atoms with Crippen LogP contribution in [-0.2, 0) is 6.54 Å². The Morgan fingerprint density at radius 2 is 1.62 bits per heavy atom. The van der Waals surface area contributed by atoms with E-state index in [2.05, 4.69) is 45.1 Å². The maximum Gasteiger partial charge on any atom is 0.0210 e. The molecule has 1 heteroatoms. The van der Waals surface area contributed by atoms with E-state index in [-0.39, 0.29) is 0 Å². The first-order valence-corrected chi connectivity index (χ1v) is 6.42. The molecule has 0 aliphatic heterocycles. The van der Waals surface area contributed by atoms with Gasteiger partial charge >= 0.3 is 0 Å². The van der Waals surface area contributed by atoms with Gasteiger partial charge in [-0.05, 0) is 50.4 Å². The summed E-state index contributed by atoms with van der Waals surface area (Å²) in [5.41, 5.74) is 5.67. The number of hydrogen-bond acceptors (Lipinski definition) is 1. The van der Waals surface area contributed by atoms with E-state index >= 15 is 0 Å². The van der Waals surface area contributed by atoms with Gasteiger partial charge < -0.3 is 5.32 Å². The highest BCUT2D eigenvalue weighted by Crippen LogP contribution is 2.15. The molecule has 0 aromatic heterocycles. The Labute approximate surface area is 100 Å². The molecule has 0 spiro atoms. The SMILES string of the molecule is CCCCCNCc1c(C)cc(C)cc1C. The molecule has 1 aromatic carbocycles. The lowest BCUT2D eigenvalue weighted by Crippen LogP contribution is -2.16. The molecule has 0 saturated heterocycles. The van der Waals surface area contributed by atoms with Gasteiger partial charge in [-0.3, -0.25) is 0 Å². The van der Waals surface area contributed by atoms with Crippen molar-refractivity contribution in [3.05, 3.63) is 34.4 Å². The highest BCUT2D eigenvalue weighted by Gasteiger charge is 2.02. The first kappa shape index (κ1) is 13.2. The Bertz CT molecular complexity index is 305. The van der Waals surface area contributed by atoms with E-state index in [0.29, 0.717) is 0 Å². The Morgan fingerprint density at radius 3 is 2.19 bits per heavy atom. The van der Waals surface area contributed by atoms with Gasteiger partial charge in [-0.15, -0.1) is 0 Å². The molecule has 1 aromatic rings. The van der Waals surface area contributed by atoms with Crippen LogP contribution in [0.5, 0.6) is 0 Å². The Kier molecular flexibility index (Phi) is 5.54. The monoisotopic (exact) mass is 219 g/mol. The first-order chi connectivity index (χ1) is 7.65. The number of unbranched alkanes of at least 4 members (excludes halogenated alkanes) is 2. The molecule has 0 saturated carbocycles. The summed E-state index contributed by atoms with van der Waals surface area (Å²) in [6.07, 6.45) is 3.92. The number of benzene rings is 1. The van der Waals surface area contributed by atoms with E-state index in [1.165, 1.54) is 41.5 Å². The van der Waals surface area contributed by atoms with Crippen molar-refractivity contribution in [2.24, 2.45) is 0 Å². The van der Waals surface area contributed by atoms with Crippen LogP contribution in [0.3, 0.4) is 0 Å². The van der Waals surface area contributed by atoms with Crippen molar-refractivity contribution in [3.63, 3.8) is 0 Å². The van der Waals surface area contributed by atoms with Gasteiger partial charge in [0.05, 0.1) is 0 Å². The molecule has 1 N–H and O–H groups in total. The van der Waals surface area contributed by atoms with Crippen LogP contribution < -0.4 is 5.32 Å². The minimum Gasteiger partial charge on any atom is -0.313 e. The quantitative estimate of drug-likeness (QED) is 0.716. The van der Waals surface area contributed by atoms with Gasteiger partial charge in [-0.1, -0.05) is 37.5 Å². The normalized spacial score (nSPS) is 10.8. The van der Waals surface area contributed by atoms with Crippen LogP contribution in [0.2, 0.25) is 0 Å². The summed E-state index contributed by atoms with van der Waals surface area (Å²) in [6, 6.07) is 4.55. The maximum absolute atomic E-state index is 3.54. The molecule has 0 aliphatic carbocycles. The summed E-state index contributed by atoms with van der Waals surface area (Å²) in [7, 11) is 0. The van der Waals surface area contributed by atoms with Gasteiger partial charge in [-0.25, -0.2) is 0 Å². The summed E-state index contributed by atoms with van der Waals surface area (Å²) in [4.78, 5) is 0. The van der Waals surface area contributed by atoms with Crippen LogP contribution in [-0.4, -0.2) is 6.54 Å². The average Bonchev–Trinajstić information content (AvgIpc) is 2.20. The van der Waals surface area contributed by atoms with Crippen molar-refractivity contribution in [1.29, 1.82) is 0 Å². The zero-order chi connectivity index (χ0) is 12.0. The van der Waals surface area contributed by atoms with Gasteiger partial charge in [0.15, 0.2) is 0 Å². The number of rotatable bonds is 6. The highest BCUT2D eigenvalue weighted by molar-refractivity contribution is 5.37. The Balaban J connectivity index is 2.47. The average molecular weight is 219 g/mol. The Morgan fingerprint density at radius 1 is 1.00 bits per heavy atom. The van der Waals surface area contributed by atoms with E-state index < -0.39 is 0 Å². The molecular weight excluding hydrogens is 194 g/mol. The highest BCUT2D eigenvalue weighted by atomic mass is 14.8. The molecule has 0 atom stereocenters. The number of nitrogens with one attached hydrogen (secondary N) is 1. The largest absolute Gasteiger partial charge is 0.313 e. The van der Waals surface area contributed by atoms with Crippen LogP contribution in [0.4, 0.5) is 0 Å². The van der Waals surface area contributed by atoms with E-state index in [1.54, 1.807) is 0 Å². The number of hydrogen-bond donors (Lipinski definition) is 1. The second-order valence-electron chi connectivity index (χ2n) is 4.76. The first-order valence-electron chi connectivity index (χ1n) is 6.42. The van der Waals surface area contributed by atoms with Crippen molar-refractivity contribution in [2.75, 3.05) is 6.54 Å². The fourth-order valence-corrected chi connectivity index (χ4v) is 2.20. The topological polar surface area (TPSA) is 12.0 Å². The smallest absolute Gasteiger partial charge is 0.0210 e. The lowest BCUT2D eigenvalue weighted by molar-refractivity contribution is 0.614. The van der Waals surface area contributed by atoms with E-state index in [9.17, 15) is 0 Å². The third-order valence-electron chi connectivity index (χ3n) is 3.10. The molecule has 0 aliphatic rings. The molecule has 0 unspecified atom stereocenters. The molecule has 16 heavy (non-hydrogen) atoms. The van der Waals surface area contributed by atoms with Gasteiger partial charge in [0, 0.05) is 6.54 Å². The van der Waals surface area contributed by atoms with Crippen molar-refractivity contribution in [2.45, 2.75) is 53.5 Å². The lowest BCUT2D eigenvalue weighted by atomic mass is 10.00. The van der Waals surface area contributed by atoms with Crippen LogP contribution in [0.15, 0.2) is 12.1 Å². The van der Waals surface area contributed by atoms with Gasteiger partial charge in [0.25, 0.3) is 0 Å². The van der Waals surface area contributed by atoms with Crippen molar-refractivity contribution in [3.8, 4) is 0 Å². The van der Waals surface area contributed by atoms with Crippen LogP contribution in [0, 0.1) is 20.8 Å². The van der Waals surface area contributed by atoms with E-state index in [4.69, 9.17) is 0 Å². The van der Waals surface area contributed by atoms with Gasteiger partial charge in [0.2, 0.25) is 0 Å². The minimum absolute atomic E-state index is 1.02. The molecular formula is C15H25N. The summed E-state index contributed by atoms with van der Waals surface area (Å²) >= 11 is 0. The maximum atomic E-state index is 3.54. The third kappa shape index (κ3) is 3.97. The molecule has 0 fully saturated rings. The standard InChI is InChI=1S/C15H25N/c1-5-6-7-8-16-11-15-13(3)9-12(2)10-14(15)4/h9-10,16H,5-8,11H2,1-4H3. The lowest BCUT2D eigenvalue weighted by Gasteiger charge is -2.12. The molecule has 1 rings (SSSR count). The fourth-order valence-electron chi connectivity index (χ4n) is 2.20. The van der Waals surface area contributed by atoms with E-state index in [0.717, 1.165) is 13.1 Å². The van der Waals surface area contributed by atoms with Gasteiger partial charge in [0.1, 0.15) is 0 Å². The minimum atomic E-state index is 1.02. The van der Waals surface area contributed by atoms with Gasteiger partial charge in [-0.2, -0.15) is 0 Å². The summed E-state index contributed by atoms with van der Waals surface area (Å²) in [6.45, 7) is 11.0. The summed E-state index contributed by atoms with van der Waals surface area (Å²) in [5, 5.41) is 3.54. The van der Waals surface area contributed by atoms with Crippen LogP contribution >= 0.6 is 0 Å². The summed E-state index contributed by atoms with van der Waals surface area (Å²) in [5.74, 6) is 0. The van der Waals surface area contributed by atoms with Crippen molar-refractivity contribution < 1.29 is 0 Å². The van der Waals surface area contributed by atoms with Crippen molar-refractivity contribution >= 4 is 0 Å². The Hall–Kier alpha value is -0.820. The number of aryl methyl sites for hydroxylation is 3. The molecule has 0 radical (unpaired) electrons. The molecule has 90 valence electrons. The molecule has 0 amide bonds. The van der Waals surface area contributed by atoms with E-state index in [1.807, 2.05) is 0 Å². The second kappa shape index (κ2) is 6.70.